The molecule has 1 fully saturated rings. The highest BCUT2D eigenvalue weighted by molar-refractivity contribution is 5.92. The molecule has 2 unspecified atom stereocenters. The minimum Gasteiger partial charge on any atom is -0.496 e. The molecule has 0 bridgehead atoms. The number of piperazine rings is 1. The van der Waals surface area contributed by atoms with Crippen molar-refractivity contribution >= 4 is 17.9 Å². The van der Waals surface area contributed by atoms with Crippen LogP contribution in [0.3, 0.4) is 0 Å². The van der Waals surface area contributed by atoms with Crippen molar-refractivity contribution < 1.29 is 28.5 Å². The van der Waals surface area contributed by atoms with E-state index in [-0.39, 0.29) is 24.5 Å². The van der Waals surface area contributed by atoms with Crippen LogP contribution < -0.4 is 18.9 Å². The summed E-state index contributed by atoms with van der Waals surface area (Å²) in [5.41, 5.74) is 1.91. The maximum atomic E-state index is 12.9. The van der Waals surface area contributed by atoms with Crippen molar-refractivity contribution in [3.05, 3.63) is 53.6 Å². The van der Waals surface area contributed by atoms with Gasteiger partial charge in [0.2, 0.25) is 12.0 Å². The van der Waals surface area contributed by atoms with Crippen LogP contribution >= 0.6 is 0 Å². The van der Waals surface area contributed by atoms with Crippen molar-refractivity contribution in [1.82, 2.24) is 9.80 Å². The number of hydrogen-bond donors (Lipinski definition) is 0. The third-order valence-electron chi connectivity index (χ3n) is 6.34. The van der Waals surface area contributed by atoms with Crippen LogP contribution in [0.4, 0.5) is 0 Å². The summed E-state index contributed by atoms with van der Waals surface area (Å²) in [4.78, 5) is 29.2. The molecule has 8 nitrogen and oxygen atoms in total. The van der Waals surface area contributed by atoms with Gasteiger partial charge in [0.1, 0.15) is 24.2 Å². The molecule has 0 radical (unpaired) electrons. The highest BCUT2D eigenvalue weighted by atomic mass is 16.6. The molecule has 3 aliphatic rings. The average molecular weight is 465 g/mol. The average Bonchev–Trinajstić information content (AvgIpc) is 3.24. The van der Waals surface area contributed by atoms with Gasteiger partial charge in [0.15, 0.2) is 11.5 Å². The molecule has 178 valence electrons. The largest absolute Gasteiger partial charge is 0.496 e. The van der Waals surface area contributed by atoms with Gasteiger partial charge in [-0.05, 0) is 37.3 Å². The van der Waals surface area contributed by atoms with E-state index in [1.165, 1.54) is 0 Å². The Bertz CT molecular complexity index is 1120. The maximum absolute atomic E-state index is 12.9. The number of amides is 2. The zero-order valence-electron chi connectivity index (χ0n) is 19.4. The summed E-state index contributed by atoms with van der Waals surface area (Å²) >= 11 is 0. The molecule has 5 rings (SSSR count). The second kappa shape index (κ2) is 9.29. The molecule has 2 aromatic rings. The van der Waals surface area contributed by atoms with E-state index in [0.29, 0.717) is 43.4 Å². The van der Waals surface area contributed by atoms with Crippen LogP contribution in [-0.4, -0.2) is 73.7 Å². The van der Waals surface area contributed by atoms with E-state index in [2.05, 4.69) is 0 Å². The number of para-hydroxylation sites is 2. The molecule has 3 heterocycles. The molecule has 2 aromatic carbocycles. The lowest BCUT2D eigenvalue weighted by Gasteiger charge is -2.36. The van der Waals surface area contributed by atoms with Crippen LogP contribution in [0.2, 0.25) is 0 Å². The predicted octanol–water partition coefficient (Wildman–Crippen LogP) is 2.54. The van der Waals surface area contributed by atoms with E-state index >= 15 is 0 Å². The summed E-state index contributed by atoms with van der Waals surface area (Å²) in [5.74, 6) is 2.56. The van der Waals surface area contributed by atoms with Crippen molar-refractivity contribution in [2.45, 2.75) is 25.6 Å². The first-order valence-electron chi connectivity index (χ1n) is 11.5. The SMILES string of the molecule is COc1cc2c(cc1C=CC(=O)N1CCN(C(=O)C3COc4ccccc4O3)CC1)OC(C)C2. The molecule has 2 amide bonds. The van der Waals surface area contributed by atoms with Gasteiger partial charge in [0.05, 0.1) is 7.11 Å². The van der Waals surface area contributed by atoms with Gasteiger partial charge in [-0.1, -0.05) is 12.1 Å². The number of hydrogen-bond acceptors (Lipinski definition) is 6. The Hall–Kier alpha value is -3.68. The van der Waals surface area contributed by atoms with Crippen LogP contribution in [0.15, 0.2) is 42.5 Å². The fourth-order valence-corrected chi connectivity index (χ4v) is 4.52. The lowest BCUT2D eigenvalue weighted by molar-refractivity contribution is -0.145. The number of methoxy groups -OCH3 is 1. The number of carbonyl (C=O) groups is 2. The number of rotatable bonds is 4. The Morgan fingerprint density at radius 1 is 1.00 bits per heavy atom. The van der Waals surface area contributed by atoms with Crippen molar-refractivity contribution in [2.24, 2.45) is 0 Å². The second-order valence-corrected chi connectivity index (χ2v) is 8.68. The minimum atomic E-state index is -0.672. The molecule has 0 N–H and O–H groups in total. The molecular weight excluding hydrogens is 436 g/mol. The summed E-state index contributed by atoms with van der Waals surface area (Å²) in [6, 6.07) is 11.2. The molecule has 34 heavy (non-hydrogen) atoms. The molecule has 0 saturated carbocycles. The molecule has 0 spiro atoms. The van der Waals surface area contributed by atoms with E-state index in [1.807, 2.05) is 37.3 Å². The molecule has 1 saturated heterocycles. The highest BCUT2D eigenvalue weighted by Gasteiger charge is 2.33. The van der Waals surface area contributed by atoms with E-state index in [1.54, 1.807) is 35.1 Å². The van der Waals surface area contributed by atoms with E-state index in [9.17, 15) is 9.59 Å². The highest BCUT2D eigenvalue weighted by Crippen LogP contribution is 2.35. The lowest BCUT2D eigenvalue weighted by atomic mass is 10.1. The number of carbonyl (C=O) groups excluding carboxylic acids is 2. The van der Waals surface area contributed by atoms with Crippen molar-refractivity contribution in [1.29, 1.82) is 0 Å². The topological polar surface area (TPSA) is 77.5 Å². The number of fused-ring (bicyclic) bond motifs is 2. The van der Waals surface area contributed by atoms with Gasteiger partial charge in [0, 0.05) is 49.8 Å². The Kier molecular flexibility index (Phi) is 6.04. The van der Waals surface area contributed by atoms with Crippen molar-refractivity contribution in [2.75, 3.05) is 39.9 Å². The van der Waals surface area contributed by atoms with Gasteiger partial charge in [-0.2, -0.15) is 0 Å². The first-order valence-corrected chi connectivity index (χ1v) is 11.5. The summed E-state index contributed by atoms with van der Waals surface area (Å²) in [6.07, 6.45) is 3.63. The molecule has 0 aromatic heterocycles. The monoisotopic (exact) mass is 464 g/mol. The fourth-order valence-electron chi connectivity index (χ4n) is 4.52. The van der Waals surface area contributed by atoms with E-state index < -0.39 is 6.10 Å². The number of nitrogens with zero attached hydrogens (tertiary/aromatic N) is 2. The maximum Gasteiger partial charge on any atom is 0.267 e. The fraction of sp³-hybridized carbons (Fsp3) is 0.385. The standard InChI is InChI=1S/C26H28N2O6/c1-17-13-19-15-22(31-2)18(14-23(19)33-17)7-8-25(29)27-9-11-28(12-10-27)26(30)24-16-32-20-5-3-4-6-21(20)34-24/h3-8,14-15,17,24H,9-13,16H2,1-2H3. The molecule has 3 aliphatic heterocycles. The number of benzene rings is 2. The molecular formula is C26H28N2O6. The Labute approximate surface area is 198 Å². The zero-order chi connectivity index (χ0) is 23.7. The van der Waals surface area contributed by atoms with E-state index in [0.717, 1.165) is 23.3 Å². The van der Waals surface area contributed by atoms with E-state index in [4.69, 9.17) is 18.9 Å². The third-order valence-corrected chi connectivity index (χ3v) is 6.34. The van der Waals surface area contributed by atoms with Crippen LogP contribution in [0.25, 0.3) is 6.08 Å². The van der Waals surface area contributed by atoms with Gasteiger partial charge in [0.25, 0.3) is 5.91 Å². The third kappa shape index (κ3) is 4.40. The second-order valence-electron chi connectivity index (χ2n) is 8.68. The summed E-state index contributed by atoms with van der Waals surface area (Å²) in [7, 11) is 1.62. The van der Waals surface area contributed by atoms with Crippen LogP contribution in [0, 0.1) is 0 Å². The number of ether oxygens (including phenoxy) is 4. The molecule has 8 heteroatoms. The normalized spacial score (nSPS) is 21.2. The van der Waals surface area contributed by atoms with Crippen LogP contribution in [0.5, 0.6) is 23.0 Å². The molecule has 2 atom stereocenters. The van der Waals surface area contributed by atoms with Crippen molar-refractivity contribution in [3.8, 4) is 23.0 Å². The Morgan fingerprint density at radius 2 is 1.74 bits per heavy atom. The van der Waals surface area contributed by atoms with Gasteiger partial charge < -0.3 is 28.7 Å². The van der Waals surface area contributed by atoms with Crippen LogP contribution in [0.1, 0.15) is 18.1 Å². The predicted molar refractivity (Wildman–Crippen MR) is 125 cm³/mol. The summed E-state index contributed by atoms with van der Waals surface area (Å²) in [5, 5.41) is 0. The van der Waals surface area contributed by atoms with Crippen molar-refractivity contribution in [3.63, 3.8) is 0 Å². The van der Waals surface area contributed by atoms with Gasteiger partial charge in [-0.15, -0.1) is 0 Å². The first-order chi connectivity index (χ1) is 16.5. The van der Waals surface area contributed by atoms with Crippen LogP contribution in [-0.2, 0) is 16.0 Å². The zero-order valence-corrected chi connectivity index (χ0v) is 19.4. The van der Waals surface area contributed by atoms with Gasteiger partial charge in [-0.3, -0.25) is 9.59 Å². The quantitative estimate of drug-likeness (QED) is 0.648. The smallest absolute Gasteiger partial charge is 0.267 e. The summed E-state index contributed by atoms with van der Waals surface area (Å²) < 4.78 is 22.8. The Morgan fingerprint density at radius 3 is 2.50 bits per heavy atom. The summed E-state index contributed by atoms with van der Waals surface area (Å²) in [6.45, 7) is 4.04. The molecule has 0 aliphatic carbocycles. The van der Waals surface area contributed by atoms with Gasteiger partial charge >= 0.3 is 0 Å². The minimum absolute atomic E-state index is 0.102. The lowest BCUT2D eigenvalue weighted by Crippen LogP contribution is -2.54. The Balaban J connectivity index is 1.17. The van der Waals surface area contributed by atoms with Gasteiger partial charge in [-0.25, -0.2) is 0 Å². The first kappa shape index (κ1) is 22.1.